The average Bonchev–Trinajstić information content (AvgIpc) is 2.93. The predicted octanol–water partition coefficient (Wildman–Crippen LogP) is 6.35. The van der Waals surface area contributed by atoms with Gasteiger partial charge in [0.2, 0.25) is 0 Å². The summed E-state index contributed by atoms with van der Waals surface area (Å²) in [5.41, 5.74) is 1.52. The SMILES string of the molecule is S=C(Nc1cccc(Cl)c1Cl)Nc1nn(Cc2ccccc2Cl)cc1Cl. The van der Waals surface area contributed by atoms with Crippen LogP contribution in [-0.2, 0) is 6.54 Å². The molecule has 1 aromatic heterocycles. The summed E-state index contributed by atoms with van der Waals surface area (Å²) in [4.78, 5) is 0. The lowest BCUT2D eigenvalue weighted by molar-refractivity contribution is 0.690. The van der Waals surface area contributed by atoms with Crippen molar-refractivity contribution in [3.05, 3.63) is 74.3 Å². The maximum atomic E-state index is 6.24. The molecule has 0 saturated heterocycles. The molecule has 3 aromatic rings. The van der Waals surface area contributed by atoms with E-state index in [9.17, 15) is 0 Å². The first kappa shape index (κ1) is 19.3. The molecule has 0 atom stereocenters. The van der Waals surface area contributed by atoms with Crippen LogP contribution in [0, 0.1) is 0 Å². The third-order valence-corrected chi connectivity index (χ3v) is 5.11. The third kappa shape index (κ3) is 4.61. The summed E-state index contributed by atoms with van der Waals surface area (Å²) < 4.78 is 1.68. The summed E-state index contributed by atoms with van der Waals surface area (Å²) >= 11 is 29.8. The number of hydrogen-bond donors (Lipinski definition) is 2. The molecular formula is C17H12Cl4N4S. The Hall–Kier alpha value is -1.50. The molecule has 3 rings (SSSR count). The van der Waals surface area contributed by atoms with Crippen LogP contribution in [0.5, 0.6) is 0 Å². The maximum absolute atomic E-state index is 6.24. The minimum atomic E-state index is 0.291. The smallest absolute Gasteiger partial charge is 0.176 e. The summed E-state index contributed by atoms with van der Waals surface area (Å²) in [7, 11) is 0. The summed E-state index contributed by atoms with van der Waals surface area (Å²) in [6.07, 6.45) is 1.70. The Morgan fingerprint density at radius 2 is 1.65 bits per heavy atom. The van der Waals surface area contributed by atoms with Gasteiger partial charge in [0.05, 0.1) is 22.3 Å². The van der Waals surface area contributed by atoms with Gasteiger partial charge in [0, 0.05) is 11.2 Å². The van der Waals surface area contributed by atoms with E-state index in [2.05, 4.69) is 15.7 Å². The standard InChI is InChI=1S/C17H12Cl4N4S/c18-11-5-2-1-4-10(11)8-25-9-13(20)16(24-25)23-17(26)22-14-7-3-6-12(19)15(14)21/h1-7,9H,8H2,(H2,22,23,24,26). The Bertz CT molecular complexity index is 958. The molecule has 0 aliphatic carbocycles. The van der Waals surface area contributed by atoms with Crippen LogP contribution in [0.25, 0.3) is 0 Å². The molecule has 0 saturated carbocycles. The fraction of sp³-hybridized carbons (Fsp3) is 0.0588. The van der Waals surface area contributed by atoms with E-state index in [1.807, 2.05) is 24.3 Å². The van der Waals surface area contributed by atoms with Gasteiger partial charge in [0.15, 0.2) is 10.9 Å². The van der Waals surface area contributed by atoms with Crippen molar-refractivity contribution < 1.29 is 0 Å². The monoisotopic (exact) mass is 444 g/mol. The molecule has 1 heterocycles. The van der Waals surface area contributed by atoms with Crippen molar-refractivity contribution in [3.8, 4) is 0 Å². The largest absolute Gasteiger partial charge is 0.331 e. The van der Waals surface area contributed by atoms with Crippen LogP contribution in [0.2, 0.25) is 20.1 Å². The highest BCUT2D eigenvalue weighted by atomic mass is 35.5. The first-order valence-corrected chi connectivity index (χ1v) is 9.34. The van der Waals surface area contributed by atoms with Crippen LogP contribution in [0.1, 0.15) is 5.56 Å². The highest BCUT2D eigenvalue weighted by molar-refractivity contribution is 7.80. The van der Waals surface area contributed by atoms with Crippen LogP contribution in [-0.4, -0.2) is 14.9 Å². The summed E-state index contributed by atoms with van der Waals surface area (Å²) in [5, 5.41) is 12.5. The van der Waals surface area contributed by atoms with Crippen molar-refractivity contribution in [2.75, 3.05) is 10.6 Å². The second-order valence-electron chi connectivity index (χ2n) is 5.30. The third-order valence-electron chi connectivity index (χ3n) is 3.44. The molecule has 0 unspecified atom stereocenters. The minimum Gasteiger partial charge on any atom is -0.331 e. The molecule has 0 bridgehead atoms. The van der Waals surface area contributed by atoms with Gasteiger partial charge in [-0.2, -0.15) is 5.10 Å². The van der Waals surface area contributed by atoms with Gasteiger partial charge in [0.1, 0.15) is 5.02 Å². The second kappa shape index (κ2) is 8.46. The van der Waals surface area contributed by atoms with Gasteiger partial charge in [-0.05, 0) is 36.0 Å². The van der Waals surface area contributed by atoms with E-state index in [1.54, 1.807) is 29.1 Å². The van der Waals surface area contributed by atoms with Gasteiger partial charge >= 0.3 is 0 Å². The van der Waals surface area contributed by atoms with Gasteiger partial charge < -0.3 is 10.6 Å². The van der Waals surface area contributed by atoms with E-state index in [-0.39, 0.29) is 0 Å². The molecule has 0 spiro atoms. The fourth-order valence-electron chi connectivity index (χ4n) is 2.23. The number of benzene rings is 2. The van der Waals surface area contributed by atoms with Crippen molar-refractivity contribution >= 4 is 75.2 Å². The van der Waals surface area contributed by atoms with Crippen molar-refractivity contribution in [3.63, 3.8) is 0 Å². The normalized spacial score (nSPS) is 10.6. The number of rotatable bonds is 4. The second-order valence-corrected chi connectivity index (χ2v) is 7.30. The number of nitrogens with zero attached hydrogens (tertiary/aromatic N) is 2. The molecule has 0 aliphatic rings. The quantitative estimate of drug-likeness (QED) is 0.458. The first-order chi connectivity index (χ1) is 12.4. The topological polar surface area (TPSA) is 41.9 Å². The van der Waals surface area contributed by atoms with E-state index in [0.29, 0.717) is 43.3 Å². The zero-order valence-corrected chi connectivity index (χ0v) is 17.0. The Kier molecular flexibility index (Phi) is 6.27. The summed E-state index contributed by atoms with van der Waals surface area (Å²) in [6, 6.07) is 12.8. The number of anilines is 2. The first-order valence-electron chi connectivity index (χ1n) is 7.42. The molecule has 134 valence electrons. The Morgan fingerprint density at radius 3 is 2.42 bits per heavy atom. The van der Waals surface area contributed by atoms with Gasteiger partial charge in [-0.15, -0.1) is 0 Å². The number of thiocarbonyl (C=S) groups is 1. The Balaban J connectivity index is 1.70. The van der Waals surface area contributed by atoms with Crippen molar-refractivity contribution in [2.24, 2.45) is 0 Å². The van der Waals surface area contributed by atoms with Crippen LogP contribution in [0.3, 0.4) is 0 Å². The molecule has 9 heteroatoms. The molecule has 4 nitrogen and oxygen atoms in total. The fourth-order valence-corrected chi connectivity index (χ4v) is 3.17. The highest BCUT2D eigenvalue weighted by Crippen LogP contribution is 2.30. The van der Waals surface area contributed by atoms with Gasteiger partial charge in [0.25, 0.3) is 0 Å². The van der Waals surface area contributed by atoms with E-state index in [0.717, 1.165) is 5.56 Å². The van der Waals surface area contributed by atoms with Crippen molar-refractivity contribution in [2.45, 2.75) is 6.54 Å². The van der Waals surface area contributed by atoms with Gasteiger partial charge in [-0.3, -0.25) is 4.68 Å². The van der Waals surface area contributed by atoms with Crippen LogP contribution < -0.4 is 10.6 Å². The number of hydrogen-bond acceptors (Lipinski definition) is 2. The molecule has 0 amide bonds. The Morgan fingerprint density at radius 1 is 0.923 bits per heavy atom. The lowest BCUT2D eigenvalue weighted by atomic mass is 10.2. The molecule has 0 radical (unpaired) electrons. The predicted molar refractivity (Wildman–Crippen MR) is 114 cm³/mol. The van der Waals surface area contributed by atoms with Crippen LogP contribution >= 0.6 is 58.6 Å². The zero-order chi connectivity index (χ0) is 18.7. The number of aromatic nitrogens is 2. The van der Waals surface area contributed by atoms with Crippen LogP contribution in [0.4, 0.5) is 11.5 Å². The molecular weight excluding hydrogens is 434 g/mol. The van der Waals surface area contributed by atoms with Crippen molar-refractivity contribution in [1.29, 1.82) is 0 Å². The van der Waals surface area contributed by atoms with Crippen molar-refractivity contribution in [1.82, 2.24) is 9.78 Å². The van der Waals surface area contributed by atoms with E-state index < -0.39 is 0 Å². The zero-order valence-electron chi connectivity index (χ0n) is 13.1. The molecule has 2 aromatic carbocycles. The maximum Gasteiger partial charge on any atom is 0.176 e. The van der Waals surface area contributed by atoms with Gasteiger partial charge in [-0.1, -0.05) is 70.7 Å². The van der Waals surface area contributed by atoms with E-state index in [1.165, 1.54) is 0 Å². The molecule has 0 aliphatic heterocycles. The highest BCUT2D eigenvalue weighted by Gasteiger charge is 2.11. The van der Waals surface area contributed by atoms with Crippen LogP contribution in [0.15, 0.2) is 48.7 Å². The number of halogens is 4. The lowest BCUT2D eigenvalue weighted by Gasteiger charge is -2.11. The average molecular weight is 446 g/mol. The number of nitrogens with one attached hydrogen (secondary N) is 2. The summed E-state index contributed by atoms with van der Waals surface area (Å²) in [5.74, 6) is 0.425. The Labute approximate surface area is 176 Å². The van der Waals surface area contributed by atoms with Gasteiger partial charge in [-0.25, -0.2) is 0 Å². The van der Waals surface area contributed by atoms with E-state index in [4.69, 9.17) is 58.6 Å². The minimum absolute atomic E-state index is 0.291. The molecule has 0 fully saturated rings. The summed E-state index contributed by atoms with van der Waals surface area (Å²) in [6.45, 7) is 0.487. The molecule has 26 heavy (non-hydrogen) atoms. The lowest BCUT2D eigenvalue weighted by Crippen LogP contribution is -2.20. The molecule has 2 N–H and O–H groups in total. The van der Waals surface area contributed by atoms with E-state index >= 15 is 0 Å².